The van der Waals surface area contributed by atoms with Crippen molar-refractivity contribution in [3.63, 3.8) is 0 Å². The molecule has 0 bridgehead atoms. The van der Waals surface area contributed by atoms with E-state index in [0.717, 1.165) is 22.6 Å². The fourth-order valence-corrected chi connectivity index (χ4v) is 1.92. The van der Waals surface area contributed by atoms with Crippen molar-refractivity contribution < 1.29 is 9.53 Å². The number of ether oxygens (including phenoxy) is 1. The molecule has 0 saturated carbocycles. The van der Waals surface area contributed by atoms with Gasteiger partial charge < -0.3 is 15.8 Å². The van der Waals surface area contributed by atoms with Crippen LogP contribution >= 0.6 is 0 Å². The standard InChI is InChI=1S/C17H18N2O2/c1-12-11-15(8-9-16(12)21-2)19-17(20)10-5-13-3-6-14(18)7-4-13/h3-11H,18H2,1-2H3,(H,19,20)/b10-5+. The topological polar surface area (TPSA) is 64.3 Å². The molecule has 0 aliphatic rings. The van der Waals surface area contributed by atoms with Crippen molar-refractivity contribution in [2.45, 2.75) is 6.92 Å². The number of carbonyl (C=O) groups is 1. The van der Waals surface area contributed by atoms with Gasteiger partial charge in [0.05, 0.1) is 7.11 Å². The van der Waals surface area contributed by atoms with E-state index in [4.69, 9.17) is 10.5 Å². The summed E-state index contributed by atoms with van der Waals surface area (Å²) in [5, 5.41) is 2.81. The van der Waals surface area contributed by atoms with Gasteiger partial charge >= 0.3 is 0 Å². The Morgan fingerprint density at radius 3 is 2.52 bits per heavy atom. The summed E-state index contributed by atoms with van der Waals surface area (Å²) in [6.07, 6.45) is 3.23. The number of nitrogens with two attached hydrogens (primary N) is 1. The van der Waals surface area contributed by atoms with Crippen molar-refractivity contribution in [3.05, 3.63) is 59.7 Å². The lowest BCUT2D eigenvalue weighted by Crippen LogP contribution is -2.07. The Kier molecular flexibility index (Phi) is 4.61. The molecule has 1 amide bonds. The molecule has 21 heavy (non-hydrogen) atoms. The highest BCUT2D eigenvalue weighted by atomic mass is 16.5. The van der Waals surface area contributed by atoms with E-state index in [1.54, 1.807) is 31.4 Å². The highest BCUT2D eigenvalue weighted by Gasteiger charge is 2.02. The van der Waals surface area contributed by atoms with E-state index in [9.17, 15) is 4.79 Å². The van der Waals surface area contributed by atoms with Gasteiger partial charge in [-0.3, -0.25) is 4.79 Å². The van der Waals surface area contributed by atoms with Gasteiger partial charge in [-0.05, 0) is 54.5 Å². The van der Waals surface area contributed by atoms with Gasteiger partial charge in [-0.2, -0.15) is 0 Å². The first kappa shape index (κ1) is 14.7. The fraction of sp³-hybridized carbons (Fsp3) is 0.118. The normalized spacial score (nSPS) is 10.6. The third kappa shape index (κ3) is 4.11. The Balaban J connectivity index is 2.01. The SMILES string of the molecule is COc1ccc(NC(=O)/C=C/c2ccc(N)cc2)cc1C. The smallest absolute Gasteiger partial charge is 0.248 e. The molecule has 3 N–H and O–H groups in total. The number of amides is 1. The zero-order valence-electron chi connectivity index (χ0n) is 12.1. The molecule has 0 aliphatic carbocycles. The molecule has 0 unspecified atom stereocenters. The average Bonchev–Trinajstić information content (AvgIpc) is 2.47. The van der Waals surface area contributed by atoms with E-state index in [2.05, 4.69) is 5.32 Å². The average molecular weight is 282 g/mol. The Labute approximate surface area is 124 Å². The van der Waals surface area contributed by atoms with Crippen molar-refractivity contribution in [3.8, 4) is 5.75 Å². The number of nitrogen functional groups attached to an aromatic ring is 1. The molecule has 0 aliphatic heterocycles. The molecule has 4 nitrogen and oxygen atoms in total. The highest BCUT2D eigenvalue weighted by Crippen LogP contribution is 2.21. The Hall–Kier alpha value is -2.75. The number of aryl methyl sites for hydroxylation is 1. The summed E-state index contributed by atoms with van der Waals surface area (Å²) < 4.78 is 5.18. The molecule has 0 heterocycles. The van der Waals surface area contributed by atoms with Gasteiger partial charge in [-0.15, -0.1) is 0 Å². The molecular weight excluding hydrogens is 264 g/mol. The number of rotatable bonds is 4. The minimum Gasteiger partial charge on any atom is -0.496 e. The summed E-state index contributed by atoms with van der Waals surface area (Å²) in [6, 6.07) is 12.8. The molecule has 2 aromatic carbocycles. The molecule has 4 heteroatoms. The molecule has 0 radical (unpaired) electrons. The van der Waals surface area contributed by atoms with Crippen LogP contribution in [0.3, 0.4) is 0 Å². The zero-order chi connectivity index (χ0) is 15.2. The number of carbonyl (C=O) groups excluding carboxylic acids is 1. The van der Waals surface area contributed by atoms with E-state index in [1.807, 2.05) is 31.2 Å². The van der Waals surface area contributed by atoms with Gasteiger partial charge in [0.15, 0.2) is 0 Å². The first-order valence-corrected chi connectivity index (χ1v) is 6.58. The molecule has 108 valence electrons. The van der Waals surface area contributed by atoms with Crippen LogP contribution in [0.4, 0.5) is 11.4 Å². The molecule has 0 saturated heterocycles. The molecule has 0 spiro atoms. The second-order valence-electron chi connectivity index (χ2n) is 4.67. The molecule has 2 aromatic rings. The predicted molar refractivity (Wildman–Crippen MR) is 86.2 cm³/mol. The van der Waals surface area contributed by atoms with Crippen LogP contribution in [0, 0.1) is 6.92 Å². The fourth-order valence-electron chi connectivity index (χ4n) is 1.92. The van der Waals surface area contributed by atoms with E-state index in [0.29, 0.717) is 5.69 Å². The third-order valence-corrected chi connectivity index (χ3v) is 3.03. The summed E-state index contributed by atoms with van der Waals surface area (Å²) in [7, 11) is 1.62. The van der Waals surface area contributed by atoms with Crippen molar-refractivity contribution in [2.75, 3.05) is 18.2 Å². The maximum atomic E-state index is 11.9. The summed E-state index contributed by atoms with van der Waals surface area (Å²) in [5.41, 5.74) is 8.94. The van der Waals surface area contributed by atoms with Crippen molar-refractivity contribution in [1.82, 2.24) is 0 Å². The summed E-state index contributed by atoms with van der Waals surface area (Å²) in [6.45, 7) is 1.93. The summed E-state index contributed by atoms with van der Waals surface area (Å²) in [5.74, 6) is 0.613. The maximum Gasteiger partial charge on any atom is 0.248 e. The summed E-state index contributed by atoms with van der Waals surface area (Å²) >= 11 is 0. The van der Waals surface area contributed by atoms with Crippen molar-refractivity contribution in [1.29, 1.82) is 0 Å². The van der Waals surface area contributed by atoms with E-state index in [1.165, 1.54) is 6.08 Å². The minimum atomic E-state index is -0.184. The van der Waals surface area contributed by atoms with Crippen LogP contribution in [0.2, 0.25) is 0 Å². The molecule has 0 fully saturated rings. The number of anilines is 2. The van der Waals surface area contributed by atoms with E-state index in [-0.39, 0.29) is 5.91 Å². The first-order chi connectivity index (χ1) is 10.1. The Morgan fingerprint density at radius 1 is 1.19 bits per heavy atom. The molecular formula is C17H18N2O2. The highest BCUT2D eigenvalue weighted by molar-refractivity contribution is 6.02. The van der Waals surface area contributed by atoms with Gasteiger partial charge in [-0.25, -0.2) is 0 Å². The van der Waals surface area contributed by atoms with E-state index < -0.39 is 0 Å². The molecule has 2 rings (SSSR count). The number of hydrogen-bond acceptors (Lipinski definition) is 3. The zero-order valence-corrected chi connectivity index (χ0v) is 12.1. The summed E-state index contributed by atoms with van der Waals surface area (Å²) in [4.78, 5) is 11.9. The molecule has 0 aromatic heterocycles. The maximum absolute atomic E-state index is 11.9. The lowest BCUT2D eigenvalue weighted by Gasteiger charge is -2.07. The van der Waals surface area contributed by atoms with Gasteiger partial charge in [0.2, 0.25) is 5.91 Å². The van der Waals surface area contributed by atoms with Crippen molar-refractivity contribution in [2.24, 2.45) is 0 Å². The van der Waals surface area contributed by atoms with Gasteiger partial charge in [-0.1, -0.05) is 12.1 Å². The second-order valence-corrected chi connectivity index (χ2v) is 4.67. The van der Waals surface area contributed by atoms with E-state index >= 15 is 0 Å². The predicted octanol–water partition coefficient (Wildman–Crippen LogP) is 3.24. The van der Waals surface area contributed by atoms with Crippen LogP contribution in [0.1, 0.15) is 11.1 Å². The van der Waals surface area contributed by atoms with Gasteiger partial charge in [0.1, 0.15) is 5.75 Å². The largest absolute Gasteiger partial charge is 0.496 e. The van der Waals surface area contributed by atoms with Gasteiger partial charge in [0, 0.05) is 17.5 Å². The number of benzene rings is 2. The lowest BCUT2D eigenvalue weighted by molar-refractivity contribution is -0.111. The number of methoxy groups -OCH3 is 1. The van der Waals surface area contributed by atoms with Crippen molar-refractivity contribution >= 4 is 23.4 Å². The van der Waals surface area contributed by atoms with Crippen LogP contribution in [0.15, 0.2) is 48.5 Å². The second kappa shape index (κ2) is 6.61. The van der Waals surface area contributed by atoms with Crippen LogP contribution in [0.5, 0.6) is 5.75 Å². The van der Waals surface area contributed by atoms with Crippen LogP contribution in [-0.4, -0.2) is 13.0 Å². The Morgan fingerprint density at radius 2 is 1.90 bits per heavy atom. The van der Waals surface area contributed by atoms with Crippen LogP contribution < -0.4 is 15.8 Å². The first-order valence-electron chi connectivity index (χ1n) is 6.58. The van der Waals surface area contributed by atoms with Crippen LogP contribution in [0.25, 0.3) is 6.08 Å². The minimum absolute atomic E-state index is 0.184. The van der Waals surface area contributed by atoms with Gasteiger partial charge in [0.25, 0.3) is 0 Å². The number of nitrogens with one attached hydrogen (secondary N) is 1. The monoisotopic (exact) mass is 282 g/mol. The molecule has 0 atom stereocenters. The quantitative estimate of drug-likeness (QED) is 0.668. The lowest BCUT2D eigenvalue weighted by atomic mass is 10.2. The third-order valence-electron chi connectivity index (χ3n) is 3.03. The number of hydrogen-bond donors (Lipinski definition) is 2. The Bertz CT molecular complexity index is 661. The van der Waals surface area contributed by atoms with Crippen LogP contribution in [-0.2, 0) is 4.79 Å².